The Hall–Kier alpha value is -1.87. The number of likely N-dealkylation sites (tertiary alicyclic amines) is 1. The SMILES string of the molecule is CC1=CCCC=C1.O=C(CN1C[C@H]2CCC[C@H]2C1)c1ccc(O)cc1. The average molecular weight is 339 g/mol. The van der Waals surface area contributed by atoms with Gasteiger partial charge in [0.1, 0.15) is 5.75 Å². The van der Waals surface area contributed by atoms with E-state index in [0.717, 1.165) is 24.9 Å². The minimum Gasteiger partial charge on any atom is -0.508 e. The third-order valence-corrected chi connectivity index (χ3v) is 5.54. The maximum absolute atomic E-state index is 12.1. The molecule has 3 aliphatic rings. The van der Waals surface area contributed by atoms with Crippen LogP contribution in [0.3, 0.4) is 0 Å². The summed E-state index contributed by atoms with van der Waals surface area (Å²) in [7, 11) is 0. The summed E-state index contributed by atoms with van der Waals surface area (Å²) in [6.07, 6.45) is 13.2. The van der Waals surface area contributed by atoms with Crippen molar-refractivity contribution in [2.24, 2.45) is 11.8 Å². The highest BCUT2D eigenvalue weighted by Crippen LogP contribution is 2.37. The van der Waals surface area contributed by atoms with Crippen molar-refractivity contribution in [3.05, 3.63) is 53.6 Å². The van der Waals surface area contributed by atoms with Crippen LogP contribution in [0.5, 0.6) is 5.75 Å². The lowest BCUT2D eigenvalue weighted by molar-refractivity contribution is 0.0941. The van der Waals surface area contributed by atoms with Crippen LogP contribution in [0, 0.1) is 11.8 Å². The second-order valence-electron chi connectivity index (χ2n) is 7.54. The third kappa shape index (κ3) is 5.05. The van der Waals surface area contributed by atoms with Crippen LogP contribution in [0.25, 0.3) is 0 Å². The molecule has 2 fully saturated rings. The van der Waals surface area contributed by atoms with Crippen molar-refractivity contribution in [2.75, 3.05) is 19.6 Å². The molecule has 1 aliphatic heterocycles. The summed E-state index contributed by atoms with van der Waals surface area (Å²) >= 11 is 0. The van der Waals surface area contributed by atoms with E-state index < -0.39 is 0 Å². The van der Waals surface area contributed by atoms with Crippen LogP contribution >= 0.6 is 0 Å². The molecule has 2 atom stereocenters. The zero-order valence-electron chi connectivity index (χ0n) is 15.2. The van der Waals surface area contributed by atoms with Gasteiger partial charge in [0.25, 0.3) is 0 Å². The standard InChI is InChI=1S/C15H19NO2.C7H10/c17-14-6-4-11(5-7-14)15(18)10-16-8-12-2-1-3-13(12)9-16;1-7-5-3-2-4-6-7/h4-7,12-13,17H,1-3,8-10H2;3,5-6H,2,4H2,1H3/t12-,13+;. The Labute approximate surface area is 151 Å². The fraction of sp³-hybridized carbons (Fsp3) is 0.500. The maximum Gasteiger partial charge on any atom is 0.176 e. The van der Waals surface area contributed by atoms with E-state index in [1.807, 2.05) is 0 Å². The normalized spacial score (nSPS) is 25.1. The first kappa shape index (κ1) is 17.9. The topological polar surface area (TPSA) is 40.5 Å². The van der Waals surface area contributed by atoms with Crippen LogP contribution in [0.4, 0.5) is 0 Å². The number of benzene rings is 1. The molecule has 1 saturated heterocycles. The molecule has 1 heterocycles. The number of Topliss-reactive ketones (excluding diaryl/α,β-unsaturated/α-hetero) is 1. The second-order valence-corrected chi connectivity index (χ2v) is 7.54. The summed E-state index contributed by atoms with van der Waals surface area (Å²) < 4.78 is 0. The van der Waals surface area contributed by atoms with Gasteiger partial charge in [-0.15, -0.1) is 0 Å². The van der Waals surface area contributed by atoms with Crippen LogP contribution in [0.15, 0.2) is 48.1 Å². The number of carbonyl (C=O) groups is 1. The van der Waals surface area contributed by atoms with Crippen molar-refractivity contribution in [1.82, 2.24) is 4.90 Å². The number of phenols is 1. The van der Waals surface area contributed by atoms with E-state index in [-0.39, 0.29) is 11.5 Å². The number of hydrogen-bond acceptors (Lipinski definition) is 3. The molecule has 25 heavy (non-hydrogen) atoms. The molecule has 0 aromatic heterocycles. The highest BCUT2D eigenvalue weighted by molar-refractivity contribution is 5.97. The van der Waals surface area contributed by atoms with Gasteiger partial charge in [-0.3, -0.25) is 9.69 Å². The molecule has 1 N–H and O–H groups in total. The quantitative estimate of drug-likeness (QED) is 0.819. The van der Waals surface area contributed by atoms with Crippen molar-refractivity contribution in [3.63, 3.8) is 0 Å². The molecule has 3 heteroatoms. The Morgan fingerprint density at radius 2 is 1.80 bits per heavy atom. The Morgan fingerprint density at radius 3 is 2.32 bits per heavy atom. The summed E-state index contributed by atoms with van der Waals surface area (Å²) in [5.41, 5.74) is 2.11. The molecule has 3 nitrogen and oxygen atoms in total. The number of hydrogen-bond donors (Lipinski definition) is 1. The van der Waals surface area contributed by atoms with E-state index in [0.29, 0.717) is 12.1 Å². The lowest BCUT2D eigenvalue weighted by atomic mass is 10.0. The number of aromatic hydroxyl groups is 1. The van der Waals surface area contributed by atoms with Crippen molar-refractivity contribution in [3.8, 4) is 5.75 Å². The Morgan fingerprint density at radius 1 is 1.12 bits per heavy atom. The molecule has 134 valence electrons. The average Bonchev–Trinajstić information content (AvgIpc) is 3.18. The van der Waals surface area contributed by atoms with E-state index in [1.54, 1.807) is 24.3 Å². The smallest absolute Gasteiger partial charge is 0.176 e. The summed E-state index contributed by atoms with van der Waals surface area (Å²) in [4.78, 5) is 14.4. The fourth-order valence-corrected chi connectivity index (χ4v) is 4.15. The predicted octanol–water partition coefficient (Wildman–Crippen LogP) is 4.59. The van der Waals surface area contributed by atoms with Gasteiger partial charge in [0, 0.05) is 18.7 Å². The number of nitrogens with zero attached hydrogens (tertiary/aromatic N) is 1. The molecular formula is C22H29NO2. The first-order valence-corrected chi connectivity index (χ1v) is 9.49. The van der Waals surface area contributed by atoms with Gasteiger partial charge in [-0.05, 0) is 68.7 Å². The molecule has 2 aliphatic carbocycles. The molecule has 0 spiro atoms. The van der Waals surface area contributed by atoms with E-state index in [9.17, 15) is 9.90 Å². The van der Waals surface area contributed by atoms with E-state index in [4.69, 9.17) is 0 Å². The lowest BCUT2D eigenvalue weighted by Gasteiger charge is -2.15. The zero-order valence-corrected chi connectivity index (χ0v) is 15.2. The third-order valence-electron chi connectivity index (χ3n) is 5.54. The molecule has 0 radical (unpaired) electrons. The first-order chi connectivity index (χ1) is 12.1. The van der Waals surface area contributed by atoms with Gasteiger partial charge in [0.05, 0.1) is 6.54 Å². The molecule has 0 bridgehead atoms. The van der Waals surface area contributed by atoms with Gasteiger partial charge < -0.3 is 5.11 Å². The molecule has 1 saturated carbocycles. The summed E-state index contributed by atoms with van der Waals surface area (Å²) in [6.45, 7) is 4.84. The largest absolute Gasteiger partial charge is 0.508 e. The van der Waals surface area contributed by atoms with Gasteiger partial charge in [-0.2, -0.15) is 0 Å². The number of rotatable bonds is 3. The highest BCUT2D eigenvalue weighted by Gasteiger charge is 2.36. The number of carbonyl (C=O) groups excluding carboxylic acids is 1. The fourth-order valence-electron chi connectivity index (χ4n) is 4.15. The van der Waals surface area contributed by atoms with Gasteiger partial charge in [-0.25, -0.2) is 0 Å². The molecule has 1 aromatic rings. The van der Waals surface area contributed by atoms with Crippen LogP contribution in [-0.2, 0) is 0 Å². The minimum atomic E-state index is 0.162. The van der Waals surface area contributed by atoms with E-state index in [2.05, 4.69) is 30.1 Å². The summed E-state index contributed by atoms with van der Waals surface area (Å²) in [5.74, 6) is 2.03. The van der Waals surface area contributed by atoms with E-state index in [1.165, 1.54) is 37.7 Å². The second kappa shape index (κ2) is 8.48. The number of phenolic OH excluding ortho intramolecular Hbond substituents is 1. The van der Waals surface area contributed by atoms with Crippen molar-refractivity contribution >= 4 is 5.78 Å². The lowest BCUT2D eigenvalue weighted by Crippen LogP contribution is -2.28. The molecule has 4 rings (SSSR count). The summed E-state index contributed by atoms with van der Waals surface area (Å²) in [5, 5.41) is 9.21. The van der Waals surface area contributed by atoms with Gasteiger partial charge >= 0.3 is 0 Å². The van der Waals surface area contributed by atoms with Crippen LogP contribution < -0.4 is 0 Å². The summed E-state index contributed by atoms with van der Waals surface area (Å²) in [6, 6.07) is 6.56. The van der Waals surface area contributed by atoms with Gasteiger partial charge in [0.2, 0.25) is 0 Å². The Bertz CT molecular complexity index is 632. The Balaban J connectivity index is 0.000000219. The van der Waals surface area contributed by atoms with Crippen molar-refractivity contribution in [1.29, 1.82) is 0 Å². The van der Waals surface area contributed by atoms with Crippen LogP contribution in [0.2, 0.25) is 0 Å². The van der Waals surface area contributed by atoms with Gasteiger partial charge in [-0.1, -0.05) is 30.2 Å². The predicted molar refractivity (Wildman–Crippen MR) is 102 cm³/mol. The minimum absolute atomic E-state index is 0.162. The molecule has 0 unspecified atom stereocenters. The maximum atomic E-state index is 12.1. The van der Waals surface area contributed by atoms with E-state index >= 15 is 0 Å². The number of allylic oxidation sites excluding steroid dienone is 4. The molecular weight excluding hydrogens is 310 g/mol. The first-order valence-electron chi connectivity index (χ1n) is 9.49. The van der Waals surface area contributed by atoms with Crippen molar-refractivity contribution in [2.45, 2.75) is 39.0 Å². The molecule has 1 aromatic carbocycles. The zero-order chi connectivity index (χ0) is 17.6. The molecule has 0 amide bonds. The number of fused-ring (bicyclic) bond motifs is 1. The Kier molecular flexibility index (Phi) is 6.09. The monoisotopic (exact) mass is 339 g/mol. The highest BCUT2D eigenvalue weighted by atomic mass is 16.3. The number of ketones is 1. The van der Waals surface area contributed by atoms with Crippen molar-refractivity contribution < 1.29 is 9.90 Å². The van der Waals surface area contributed by atoms with Crippen LogP contribution in [0.1, 0.15) is 49.4 Å². The van der Waals surface area contributed by atoms with Gasteiger partial charge in [0.15, 0.2) is 5.78 Å². The van der Waals surface area contributed by atoms with Crippen LogP contribution in [-0.4, -0.2) is 35.4 Å².